The molecule has 4 heteroatoms. The molecule has 0 amide bonds. The monoisotopic (exact) mass is 298 g/mol. The van der Waals surface area contributed by atoms with Gasteiger partial charge in [0.25, 0.3) is 0 Å². The van der Waals surface area contributed by atoms with E-state index < -0.39 is 0 Å². The SMILES string of the molecule is CC1=[C-]C(C)(CN(C)C)C(C)=C1C.Cl.Cl.[Ti]. The molecule has 1 nitrogen and oxygen atoms in total. The molecule has 1 aliphatic carbocycles. The van der Waals surface area contributed by atoms with Gasteiger partial charge in [-0.2, -0.15) is 11.1 Å². The van der Waals surface area contributed by atoms with Crippen molar-refractivity contribution in [1.29, 1.82) is 0 Å². The average Bonchev–Trinajstić information content (AvgIpc) is 2.14. The standard InChI is InChI=1S/C12H20N.2ClH.Ti/c1-9-7-12(4,8-13(5)6)11(3)10(9)2;;;/h8H2,1-6H3;2*1H;/q-1;;;. The van der Waals surface area contributed by atoms with Crippen LogP contribution in [-0.4, -0.2) is 25.5 Å². The first kappa shape index (κ1) is 22.0. The topological polar surface area (TPSA) is 3.24 Å². The van der Waals surface area contributed by atoms with Gasteiger partial charge in [0, 0.05) is 21.7 Å². The van der Waals surface area contributed by atoms with Gasteiger partial charge < -0.3 is 4.90 Å². The molecular weight excluding hydrogens is 277 g/mol. The number of halogens is 2. The molecule has 0 aromatic heterocycles. The molecule has 94 valence electrons. The van der Waals surface area contributed by atoms with Crippen molar-refractivity contribution in [2.45, 2.75) is 27.7 Å². The van der Waals surface area contributed by atoms with Crippen LogP contribution in [0.3, 0.4) is 0 Å². The van der Waals surface area contributed by atoms with E-state index in [1.54, 1.807) is 0 Å². The number of nitrogens with zero attached hydrogens (tertiary/aromatic N) is 1. The van der Waals surface area contributed by atoms with Gasteiger partial charge in [-0.15, -0.1) is 31.7 Å². The minimum atomic E-state index is 0. The second-order valence-electron chi connectivity index (χ2n) is 4.57. The van der Waals surface area contributed by atoms with E-state index in [0.29, 0.717) is 0 Å². The van der Waals surface area contributed by atoms with Crippen molar-refractivity contribution >= 4 is 24.8 Å². The Morgan fingerprint density at radius 3 is 1.81 bits per heavy atom. The van der Waals surface area contributed by atoms with Gasteiger partial charge in [-0.1, -0.05) is 26.2 Å². The summed E-state index contributed by atoms with van der Waals surface area (Å²) in [5, 5.41) is 0. The van der Waals surface area contributed by atoms with Gasteiger partial charge in [-0.25, -0.2) is 5.57 Å². The van der Waals surface area contributed by atoms with Gasteiger partial charge in [-0.05, 0) is 20.6 Å². The van der Waals surface area contributed by atoms with Crippen LogP contribution in [0.2, 0.25) is 0 Å². The zero-order chi connectivity index (χ0) is 10.2. The summed E-state index contributed by atoms with van der Waals surface area (Å²) in [5.41, 5.74) is 4.35. The van der Waals surface area contributed by atoms with Crippen LogP contribution >= 0.6 is 24.8 Å². The first-order valence-corrected chi connectivity index (χ1v) is 4.81. The fourth-order valence-electron chi connectivity index (χ4n) is 2.09. The fraction of sp³-hybridized carbons (Fsp3) is 0.667. The second-order valence-corrected chi connectivity index (χ2v) is 4.57. The fourth-order valence-corrected chi connectivity index (χ4v) is 2.09. The van der Waals surface area contributed by atoms with Gasteiger partial charge >= 0.3 is 0 Å². The number of allylic oxidation sites excluding steroid dienone is 2. The molecule has 0 saturated carbocycles. The predicted molar refractivity (Wildman–Crippen MR) is 72.0 cm³/mol. The first-order valence-electron chi connectivity index (χ1n) is 4.81. The van der Waals surface area contributed by atoms with Crippen LogP contribution in [0.15, 0.2) is 16.7 Å². The minimum Gasteiger partial charge on any atom is -0.310 e. The van der Waals surface area contributed by atoms with Crippen LogP contribution in [0.5, 0.6) is 0 Å². The Balaban J connectivity index is -0.000000563. The Kier molecular flexibility index (Phi) is 10.9. The van der Waals surface area contributed by atoms with Gasteiger partial charge in [0.05, 0.1) is 0 Å². The van der Waals surface area contributed by atoms with Crippen LogP contribution in [0.1, 0.15) is 27.7 Å². The molecule has 0 N–H and O–H groups in total. The van der Waals surface area contributed by atoms with Crippen LogP contribution in [-0.2, 0) is 21.7 Å². The number of hydrogen-bond acceptors (Lipinski definition) is 1. The Morgan fingerprint density at radius 1 is 1.12 bits per heavy atom. The summed E-state index contributed by atoms with van der Waals surface area (Å²) in [5.74, 6) is 0. The van der Waals surface area contributed by atoms with E-state index in [1.165, 1.54) is 16.7 Å². The Bertz CT molecular complexity index is 285. The summed E-state index contributed by atoms with van der Waals surface area (Å²) < 4.78 is 0. The Labute approximate surface area is 127 Å². The molecular formula is C12H22Cl2NTi-. The third kappa shape index (κ3) is 4.54. The summed E-state index contributed by atoms with van der Waals surface area (Å²) in [6.45, 7) is 9.89. The van der Waals surface area contributed by atoms with Gasteiger partial charge in [0.15, 0.2) is 0 Å². The summed E-state index contributed by atoms with van der Waals surface area (Å²) >= 11 is 0. The maximum Gasteiger partial charge on any atom is 0 e. The maximum atomic E-state index is 3.56. The van der Waals surface area contributed by atoms with Crippen molar-refractivity contribution in [3.63, 3.8) is 0 Å². The molecule has 0 aromatic rings. The molecule has 1 rings (SSSR count). The third-order valence-corrected chi connectivity index (χ3v) is 3.05. The predicted octanol–water partition coefficient (Wildman–Crippen LogP) is 3.49. The van der Waals surface area contributed by atoms with E-state index in [0.717, 1.165) is 6.54 Å². The van der Waals surface area contributed by atoms with Crippen LogP contribution in [0, 0.1) is 11.5 Å². The van der Waals surface area contributed by atoms with E-state index in [-0.39, 0.29) is 51.9 Å². The van der Waals surface area contributed by atoms with Crippen molar-refractivity contribution in [2.75, 3.05) is 20.6 Å². The molecule has 0 bridgehead atoms. The van der Waals surface area contributed by atoms with Gasteiger partial charge in [0.2, 0.25) is 0 Å². The summed E-state index contributed by atoms with van der Waals surface area (Å²) in [4.78, 5) is 2.22. The van der Waals surface area contributed by atoms with Gasteiger partial charge in [-0.3, -0.25) is 6.08 Å². The molecule has 1 unspecified atom stereocenters. The van der Waals surface area contributed by atoms with E-state index in [1.807, 2.05) is 0 Å². The van der Waals surface area contributed by atoms with Crippen LogP contribution in [0.4, 0.5) is 0 Å². The molecule has 1 atom stereocenters. The molecule has 0 aliphatic heterocycles. The maximum absolute atomic E-state index is 3.56. The smallest absolute Gasteiger partial charge is 0 e. The zero-order valence-electron chi connectivity index (χ0n) is 11.0. The Morgan fingerprint density at radius 2 is 1.56 bits per heavy atom. The normalized spacial score (nSPS) is 23.3. The third-order valence-electron chi connectivity index (χ3n) is 3.05. The molecule has 0 aromatic carbocycles. The zero-order valence-corrected chi connectivity index (χ0v) is 14.2. The average molecular weight is 299 g/mol. The number of rotatable bonds is 2. The first-order chi connectivity index (χ1) is 5.87. The van der Waals surface area contributed by atoms with E-state index in [4.69, 9.17) is 0 Å². The molecule has 0 heterocycles. The summed E-state index contributed by atoms with van der Waals surface area (Å²) in [6.07, 6.45) is 3.56. The minimum absolute atomic E-state index is 0. The molecule has 0 radical (unpaired) electrons. The number of hydrogen-bond donors (Lipinski definition) is 0. The summed E-state index contributed by atoms with van der Waals surface area (Å²) in [7, 11) is 4.23. The Hall–Kier alpha value is 0.734. The quantitative estimate of drug-likeness (QED) is 0.557. The van der Waals surface area contributed by atoms with Crippen molar-refractivity contribution in [2.24, 2.45) is 5.41 Å². The molecule has 0 spiro atoms. The van der Waals surface area contributed by atoms with Crippen molar-refractivity contribution < 1.29 is 21.7 Å². The van der Waals surface area contributed by atoms with E-state index >= 15 is 0 Å². The molecule has 0 fully saturated rings. The van der Waals surface area contributed by atoms with Crippen molar-refractivity contribution in [1.82, 2.24) is 4.90 Å². The van der Waals surface area contributed by atoms with Crippen LogP contribution in [0.25, 0.3) is 0 Å². The largest absolute Gasteiger partial charge is 0.310 e. The van der Waals surface area contributed by atoms with Crippen LogP contribution < -0.4 is 0 Å². The molecule has 1 aliphatic rings. The van der Waals surface area contributed by atoms with E-state index in [2.05, 4.69) is 52.8 Å². The summed E-state index contributed by atoms with van der Waals surface area (Å²) in [6, 6.07) is 0. The van der Waals surface area contributed by atoms with Gasteiger partial charge in [0.1, 0.15) is 0 Å². The van der Waals surface area contributed by atoms with Crippen molar-refractivity contribution in [3.8, 4) is 0 Å². The molecule has 16 heavy (non-hydrogen) atoms. The second kappa shape index (κ2) is 7.95. The van der Waals surface area contributed by atoms with Crippen molar-refractivity contribution in [3.05, 3.63) is 22.8 Å². The van der Waals surface area contributed by atoms with E-state index in [9.17, 15) is 0 Å². The molecule has 0 saturated heterocycles.